The van der Waals surface area contributed by atoms with E-state index < -0.39 is 0 Å². The highest BCUT2D eigenvalue weighted by atomic mass is 16.5. The summed E-state index contributed by atoms with van der Waals surface area (Å²) in [6.45, 7) is 6.88. The van der Waals surface area contributed by atoms with E-state index in [4.69, 9.17) is 10.6 Å². The number of aromatic nitrogens is 2. The molecule has 17 heavy (non-hydrogen) atoms. The van der Waals surface area contributed by atoms with Gasteiger partial charge in [0.05, 0.1) is 13.2 Å². The summed E-state index contributed by atoms with van der Waals surface area (Å²) in [7, 11) is 0. The number of rotatable bonds is 4. The summed E-state index contributed by atoms with van der Waals surface area (Å²) in [6, 6.07) is 2.00. The number of nitrogens with zero attached hydrogens (tertiary/aromatic N) is 3. The van der Waals surface area contributed by atoms with Crippen LogP contribution in [0.2, 0.25) is 0 Å². The summed E-state index contributed by atoms with van der Waals surface area (Å²) in [6.07, 6.45) is 2.54. The van der Waals surface area contributed by atoms with Gasteiger partial charge in [-0.15, -0.1) is 16.8 Å². The molecule has 0 aliphatic carbocycles. The standard InChI is InChI=1S/C11H17N5O/c1-2-3-9-8-10(14-15-11(9)13-12)16-4-6-17-7-5-16/h2,8H,1,3-7,12H2,(H,13,15). The summed E-state index contributed by atoms with van der Waals surface area (Å²) in [4.78, 5) is 2.16. The van der Waals surface area contributed by atoms with E-state index >= 15 is 0 Å². The van der Waals surface area contributed by atoms with Gasteiger partial charge in [-0.05, 0) is 12.5 Å². The molecule has 1 aliphatic rings. The number of allylic oxidation sites excluding steroid dienone is 1. The van der Waals surface area contributed by atoms with Gasteiger partial charge < -0.3 is 15.1 Å². The van der Waals surface area contributed by atoms with E-state index in [0.29, 0.717) is 12.2 Å². The van der Waals surface area contributed by atoms with E-state index in [-0.39, 0.29) is 0 Å². The zero-order chi connectivity index (χ0) is 12.1. The lowest BCUT2D eigenvalue weighted by molar-refractivity contribution is 0.122. The van der Waals surface area contributed by atoms with E-state index in [0.717, 1.165) is 37.7 Å². The fraction of sp³-hybridized carbons (Fsp3) is 0.455. The largest absolute Gasteiger partial charge is 0.378 e. The van der Waals surface area contributed by atoms with Crippen molar-refractivity contribution in [2.75, 3.05) is 36.6 Å². The van der Waals surface area contributed by atoms with Crippen LogP contribution in [0.5, 0.6) is 0 Å². The Bertz CT molecular complexity index is 389. The predicted octanol–water partition coefficient (Wildman–Crippen LogP) is 0.327. The van der Waals surface area contributed by atoms with Gasteiger partial charge >= 0.3 is 0 Å². The van der Waals surface area contributed by atoms with Gasteiger partial charge in [-0.2, -0.15) is 0 Å². The molecule has 1 aromatic rings. The molecule has 0 atom stereocenters. The molecule has 0 amide bonds. The average Bonchev–Trinajstić information content (AvgIpc) is 2.40. The van der Waals surface area contributed by atoms with Gasteiger partial charge in [0.25, 0.3) is 0 Å². The van der Waals surface area contributed by atoms with Crippen molar-refractivity contribution in [3.05, 3.63) is 24.3 Å². The third-order valence-electron chi connectivity index (χ3n) is 2.70. The fourth-order valence-electron chi connectivity index (χ4n) is 1.80. The number of hydrogen-bond donors (Lipinski definition) is 2. The second-order valence-electron chi connectivity index (χ2n) is 3.81. The van der Waals surface area contributed by atoms with Gasteiger partial charge in [0.1, 0.15) is 0 Å². The van der Waals surface area contributed by atoms with E-state index in [1.807, 2.05) is 12.1 Å². The lowest BCUT2D eigenvalue weighted by Crippen LogP contribution is -2.37. The van der Waals surface area contributed by atoms with Crippen molar-refractivity contribution in [3.8, 4) is 0 Å². The number of hydrazine groups is 1. The first-order chi connectivity index (χ1) is 8.35. The highest BCUT2D eigenvalue weighted by molar-refractivity contribution is 5.50. The maximum absolute atomic E-state index is 5.39. The summed E-state index contributed by atoms with van der Waals surface area (Å²) < 4.78 is 5.31. The third kappa shape index (κ3) is 2.72. The number of ether oxygens (including phenoxy) is 1. The van der Waals surface area contributed by atoms with Crippen molar-refractivity contribution in [1.82, 2.24) is 10.2 Å². The van der Waals surface area contributed by atoms with Crippen LogP contribution in [-0.4, -0.2) is 36.5 Å². The molecule has 1 fully saturated rings. The number of nitrogens with two attached hydrogens (primary N) is 1. The summed E-state index contributed by atoms with van der Waals surface area (Å²) >= 11 is 0. The van der Waals surface area contributed by atoms with Crippen LogP contribution in [0.15, 0.2) is 18.7 Å². The molecule has 0 saturated carbocycles. The summed E-state index contributed by atoms with van der Waals surface area (Å²) in [5.41, 5.74) is 3.54. The SMILES string of the molecule is C=CCc1cc(N2CCOCC2)nnc1NN. The first-order valence-corrected chi connectivity index (χ1v) is 5.62. The van der Waals surface area contributed by atoms with Gasteiger partial charge in [-0.25, -0.2) is 5.84 Å². The predicted molar refractivity (Wildman–Crippen MR) is 66.8 cm³/mol. The molecule has 92 valence electrons. The minimum Gasteiger partial charge on any atom is -0.378 e. The number of nitrogen functional groups attached to an aromatic ring is 1. The van der Waals surface area contributed by atoms with Crippen molar-refractivity contribution >= 4 is 11.6 Å². The van der Waals surface area contributed by atoms with Crippen LogP contribution in [0, 0.1) is 0 Å². The van der Waals surface area contributed by atoms with Gasteiger partial charge in [0.15, 0.2) is 11.6 Å². The summed E-state index contributed by atoms with van der Waals surface area (Å²) in [5, 5.41) is 8.23. The molecule has 3 N–H and O–H groups in total. The van der Waals surface area contributed by atoms with Gasteiger partial charge in [-0.3, -0.25) is 0 Å². The van der Waals surface area contributed by atoms with E-state index in [1.54, 1.807) is 0 Å². The first-order valence-electron chi connectivity index (χ1n) is 5.62. The second kappa shape index (κ2) is 5.60. The van der Waals surface area contributed by atoms with Crippen molar-refractivity contribution in [2.24, 2.45) is 5.84 Å². The highest BCUT2D eigenvalue weighted by Crippen LogP contribution is 2.19. The Hall–Kier alpha value is -1.66. The zero-order valence-corrected chi connectivity index (χ0v) is 9.72. The Balaban J connectivity index is 2.22. The van der Waals surface area contributed by atoms with Crippen LogP contribution in [-0.2, 0) is 11.2 Å². The second-order valence-corrected chi connectivity index (χ2v) is 3.81. The normalized spacial score (nSPS) is 15.7. The van der Waals surface area contributed by atoms with Crippen LogP contribution in [0.1, 0.15) is 5.56 Å². The van der Waals surface area contributed by atoms with Crippen LogP contribution in [0.4, 0.5) is 11.6 Å². The minimum absolute atomic E-state index is 0.599. The van der Waals surface area contributed by atoms with Gasteiger partial charge in [-0.1, -0.05) is 6.08 Å². The van der Waals surface area contributed by atoms with E-state index in [2.05, 4.69) is 27.1 Å². The van der Waals surface area contributed by atoms with Gasteiger partial charge in [0, 0.05) is 18.7 Å². The van der Waals surface area contributed by atoms with E-state index in [1.165, 1.54) is 0 Å². The quantitative estimate of drug-likeness (QED) is 0.445. The Morgan fingerprint density at radius 2 is 2.24 bits per heavy atom. The summed E-state index contributed by atoms with van der Waals surface area (Å²) in [5.74, 6) is 6.85. The lowest BCUT2D eigenvalue weighted by atomic mass is 10.2. The monoisotopic (exact) mass is 235 g/mol. The van der Waals surface area contributed by atoms with Gasteiger partial charge in [0.2, 0.25) is 0 Å². The molecular weight excluding hydrogens is 218 g/mol. The Labute approximate surface area is 100 Å². The number of hydrogen-bond acceptors (Lipinski definition) is 6. The number of anilines is 2. The molecule has 1 aromatic heterocycles. The molecule has 0 unspecified atom stereocenters. The molecule has 6 heteroatoms. The van der Waals surface area contributed by atoms with Crippen molar-refractivity contribution in [1.29, 1.82) is 0 Å². The molecule has 0 spiro atoms. The molecule has 6 nitrogen and oxygen atoms in total. The Kier molecular flexibility index (Phi) is 3.89. The van der Waals surface area contributed by atoms with Crippen molar-refractivity contribution in [2.45, 2.75) is 6.42 Å². The maximum atomic E-state index is 5.39. The lowest BCUT2D eigenvalue weighted by Gasteiger charge is -2.27. The average molecular weight is 235 g/mol. The zero-order valence-electron chi connectivity index (χ0n) is 9.72. The molecule has 1 aliphatic heterocycles. The topological polar surface area (TPSA) is 76.3 Å². The third-order valence-corrected chi connectivity index (χ3v) is 2.70. The Morgan fingerprint density at radius 3 is 2.88 bits per heavy atom. The number of morpholine rings is 1. The smallest absolute Gasteiger partial charge is 0.166 e. The van der Waals surface area contributed by atoms with Crippen LogP contribution in [0.25, 0.3) is 0 Å². The molecule has 1 saturated heterocycles. The highest BCUT2D eigenvalue weighted by Gasteiger charge is 2.14. The molecule has 0 aromatic carbocycles. The molecule has 0 bridgehead atoms. The molecule has 2 rings (SSSR count). The first kappa shape index (κ1) is 11.8. The maximum Gasteiger partial charge on any atom is 0.166 e. The molecule has 0 radical (unpaired) electrons. The van der Waals surface area contributed by atoms with Crippen molar-refractivity contribution in [3.63, 3.8) is 0 Å². The Morgan fingerprint density at radius 1 is 1.47 bits per heavy atom. The minimum atomic E-state index is 0.599. The molecular formula is C11H17N5O. The van der Waals surface area contributed by atoms with Crippen molar-refractivity contribution < 1.29 is 4.74 Å². The molecule has 2 heterocycles. The number of nitrogens with one attached hydrogen (secondary N) is 1. The van der Waals surface area contributed by atoms with Crippen LogP contribution in [0.3, 0.4) is 0 Å². The van der Waals surface area contributed by atoms with Crippen LogP contribution < -0.4 is 16.2 Å². The van der Waals surface area contributed by atoms with Crippen LogP contribution >= 0.6 is 0 Å². The van der Waals surface area contributed by atoms with E-state index in [9.17, 15) is 0 Å². The fourth-order valence-corrected chi connectivity index (χ4v) is 1.80.